The van der Waals surface area contributed by atoms with Gasteiger partial charge in [-0.25, -0.2) is 0 Å². The van der Waals surface area contributed by atoms with Crippen LogP contribution in [-0.2, 0) is 0 Å². The van der Waals surface area contributed by atoms with E-state index in [4.69, 9.17) is 23.2 Å². The lowest BCUT2D eigenvalue weighted by Crippen LogP contribution is -1.92. The smallest absolute Gasteiger partial charge is 0.258 e. The van der Waals surface area contributed by atoms with E-state index in [2.05, 4.69) is 10.2 Å². The average Bonchev–Trinajstić information content (AvgIpc) is 1.94. The van der Waals surface area contributed by atoms with Crippen molar-refractivity contribution in [2.45, 2.75) is 0 Å². The molecular formula is C4HCl2N3O2. The summed E-state index contributed by atoms with van der Waals surface area (Å²) in [5.41, 5.74) is -0.341. The summed E-state index contributed by atoms with van der Waals surface area (Å²) < 4.78 is 0. The number of nitro groups is 1. The molecule has 0 aliphatic heterocycles. The molecule has 1 aromatic rings. The van der Waals surface area contributed by atoms with E-state index in [1.54, 1.807) is 0 Å². The van der Waals surface area contributed by atoms with Crippen LogP contribution in [0.15, 0.2) is 6.20 Å². The molecule has 0 fully saturated rings. The highest BCUT2D eigenvalue weighted by atomic mass is 35.5. The SMILES string of the molecule is O=[N+]([O-])c1cnnc(Cl)c1Cl. The van der Waals surface area contributed by atoms with E-state index < -0.39 is 4.92 Å². The Bertz CT molecular complexity index is 303. The fraction of sp³-hybridized carbons (Fsp3) is 0. The van der Waals surface area contributed by atoms with E-state index in [1.807, 2.05) is 0 Å². The van der Waals surface area contributed by atoms with E-state index >= 15 is 0 Å². The van der Waals surface area contributed by atoms with E-state index in [0.717, 1.165) is 6.20 Å². The molecule has 1 rings (SSSR count). The fourth-order valence-electron chi connectivity index (χ4n) is 0.468. The molecule has 0 aliphatic rings. The van der Waals surface area contributed by atoms with Crippen LogP contribution in [0.5, 0.6) is 0 Å². The fourth-order valence-corrected chi connectivity index (χ4v) is 0.764. The number of hydrogen-bond acceptors (Lipinski definition) is 4. The highest BCUT2D eigenvalue weighted by Crippen LogP contribution is 2.27. The number of rotatable bonds is 1. The summed E-state index contributed by atoms with van der Waals surface area (Å²) in [7, 11) is 0. The summed E-state index contributed by atoms with van der Waals surface area (Å²) >= 11 is 10.8. The Labute approximate surface area is 71.1 Å². The molecular weight excluding hydrogens is 193 g/mol. The quantitative estimate of drug-likeness (QED) is 0.503. The van der Waals surface area contributed by atoms with Crippen molar-refractivity contribution in [3.63, 3.8) is 0 Å². The molecule has 0 N–H and O–H groups in total. The molecule has 11 heavy (non-hydrogen) atoms. The van der Waals surface area contributed by atoms with Crippen LogP contribution in [0.25, 0.3) is 0 Å². The van der Waals surface area contributed by atoms with Gasteiger partial charge in [-0.2, -0.15) is 5.10 Å². The number of hydrogen-bond donors (Lipinski definition) is 0. The zero-order valence-electron chi connectivity index (χ0n) is 4.99. The molecule has 0 aromatic carbocycles. The van der Waals surface area contributed by atoms with Crippen LogP contribution >= 0.6 is 23.2 Å². The van der Waals surface area contributed by atoms with Crippen LogP contribution in [0.4, 0.5) is 5.69 Å². The molecule has 5 nitrogen and oxygen atoms in total. The van der Waals surface area contributed by atoms with Crippen molar-refractivity contribution in [3.05, 3.63) is 26.5 Å². The summed E-state index contributed by atoms with van der Waals surface area (Å²) in [4.78, 5) is 9.49. The first kappa shape index (κ1) is 8.16. The third kappa shape index (κ3) is 1.55. The Balaban J connectivity index is 3.27. The van der Waals surface area contributed by atoms with Gasteiger partial charge in [0, 0.05) is 0 Å². The molecule has 1 aromatic heterocycles. The van der Waals surface area contributed by atoms with Crippen molar-refractivity contribution >= 4 is 28.9 Å². The molecule has 0 saturated carbocycles. The summed E-state index contributed by atoms with van der Waals surface area (Å²) in [6.07, 6.45) is 0.939. The van der Waals surface area contributed by atoms with E-state index in [0.29, 0.717) is 0 Å². The van der Waals surface area contributed by atoms with E-state index in [1.165, 1.54) is 0 Å². The molecule has 0 spiro atoms. The van der Waals surface area contributed by atoms with Crippen LogP contribution in [0.1, 0.15) is 0 Å². The van der Waals surface area contributed by atoms with Gasteiger partial charge >= 0.3 is 5.69 Å². The lowest BCUT2D eigenvalue weighted by atomic mass is 10.5. The lowest BCUT2D eigenvalue weighted by molar-refractivity contribution is -0.385. The third-order valence-corrected chi connectivity index (χ3v) is 1.66. The molecule has 0 bridgehead atoms. The Morgan fingerprint density at radius 2 is 2.18 bits per heavy atom. The zero-order valence-corrected chi connectivity index (χ0v) is 6.50. The van der Waals surface area contributed by atoms with Crippen molar-refractivity contribution < 1.29 is 4.92 Å². The molecule has 0 radical (unpaired) electrons. The molecule has 0 amide bonds. The van der Waals surface area contributed by atoms with Crippen LogP contribution in [0.3, 0.4) is 0 Å². The van der Waals surface area contributed by atoms with Crippen molar-refractivity contribution in [1.29, 1.82) is 0 Å². The van der Waals surface area contributed by atoms with Crippen molar-refractivity contribution in [1.82, 2.24) is 10.2 Å². The van der Waals surface area contributed by atoms with Gasteiger partial charge in [-0.15, -0.1) is 5.10 Å². The number of nitrogens with zero attached hydrogens (tertiary/aromatic N) is 3. The molecule has 1 heterocycles. The minimum absolute atomic E-state index is 0.166. The third-order valence-electron chi connectivity index (χ3n) is 0.928. The number of halogens is 2. The monoisotopic (exact) mass is 193 g/mol. The standard InChI is InChI=1S/C4HCl2N3O2/c5-3-2(9(10)11)1-7-8-4(3)6/h1H. The van der Waals surface area contributed by atoms with Gasteiger partial charge in [0.05, 0.1) is 4.92 Å². The second-order valence-electron chi connectivity index (χ2n) is 1.59. The molecule has 0 aliphatic carbocycles. The highest BCUT2D eigenvalue weighted by molar-refractivity contribution is 6.42. The summed E-state index contributed by atoms with van der Waals surface area (Å²) in [6, 6.07) is 0. The molecule has 58 valence electrons. The first-order valence-corrected chi connectivity index (χ1v) is 3.19. The predicted molar refractivity (Wildman–Crippen MR) is 38.7 cm³/mol. The molecule has 0 unspecified atom stereocenters. The van der Waals surface area contributed by atoms with Gasteiger partial charge < -0.3 is 0 Å². The summed E-state index contributed by atoms with van der Waals surface area (Å²) in [5.74, 6) is 0. The van der Waals surface area contributed by atoms with Crippen molar-refractivity contribution in [3.8, 4) is 0 Å². The van der Waals surface area contributed by atoms with Crippen molar-refractivity contribution in [2.75, 3.05) is 0 Å². The molecule has 7 heteroatoms. The van der Waals surface area contributed by atoms with Gasteiger partial charge in [0.25, 0.3) is 0 Å². The minimum Gasteiger partial charge on any atom is -0.258 e. The van der Waals surface area contributed by atoms with Gasteiger partial charge in [0.2, 0.25) is 0 Å². The van der Waals surface area contributed by atoms with Crippen LogP contribution in [0, 0.1) is 10.1 Å². The van der Waals surface area contributed by atoms with Crippen LogP contribution in [0.2, 0.25) is 10.2 Å². The molecule has 0 atom stereocenters. The Morgan fingerprint density at radius 1 is 1.55 bits per heavy atom. The maximum Gasteiger partial charge on any atom is 0.311 e. The minimum atomic E-state index is -0.678. The number of aromatic nitrogens is 2. The normalized spacial score (nSPS) is 9.64. The van der Waals surface area contributed by atoms with Gasteiger partial charge in [-0.05, 0) is 0 Å². The predicted octanol–water partition coefficient (Wildman–Crippen LogP) is 1.69. The van der Waals surface area contributed by atoms with E-state index in [9.17, 15) is 10.1 Å². The highest BCUT2D eigenvalue weighted by Gasteiger charge is 2.15. The Morgan fingerprint density at radius 3 is 2.64 bits per heavy atom. The zero-order chi connectivity index (χ0) is 8.43. The van der Waals surface area contributed by atoms with Gasteiger partial charge in [-0.1, -0.05) is 23.2 Å². The maximum atomic E-state index is 10.2. The average molecular weight is 194 g/mol. The van der Waals surface area contributed by atoms with Crippen LogP contribution < -0.4 is 0 Å². The second-order valence-corrected chi connectivity index (χ2v) is 2.33. The van der Waals surface area contributed by atoms with Gasteiger partial charge in [0.15, 0.2) is 10.2 Å². The first-order valence-electron chi connectivity index (χ1n) is 2.44. The Kier molecular flexibility index (Phi) is 2.21. The van der Waals surface area contributed by atoms with Gasteiger partial charge in [-0.3, -0.25) is 10.1 Å². The first-order chi connectivity index (χ1) is 5.13. The van der Waals surface area contributed by atoms with Crippen LogP contribution in [-0.4, -0.2) is 15.1 Å². The van der Waals surface area contributed by atoms with E-state index in [-0.39, 0.29) is 15.9 Å². The summed E-state index contributed by atoms with van der Waals surface area (Å²) in [6.45, 7) is 0. The van der Waals surface area contributed by atoms with Gasteiger partial charge in [0.1, 0.15) is 6.20 Å². The largest absolute Gasteiger partial charge is 0.311 e. The Hall–Kier alpha value is -0.940. The second kappa shape index (κ2) is 2.98. The topological polar surface area (TPSA) is 68.9 Å². The van der Waals surface area contributed by atoms with Crippen molar-refractivity contribution in [2.24, 2.45) is 0 Å². The summed E-state index contributed by atoms with van der Waals surface area (Å²) in [5, 5.41) is 16.4. The maximum absolute atomic E-state index is 10.2. The molecule has 0 saturated heterocycles. The lowest BCUT2D eigenvalue weighted by Gasteiger charge is -1.92.